The lowest BCUT2D eigenvalue weighted by molar-refractivity contribution is 0.0569. The van der Waals surface area contributed by atoms with Crippen LogP contribution in [0.2, 0.25) is 0 Å². The summed E-state index contributed by atoms with van der Waals surface area (Å²) in [7, 11) is 0. The minimum absolute atomic E-state index is 0.00484. The van der Waals surface area contributed by atoms with Gasteiger partial charge in [-0.1, -0.05) is 18.5 Å². The second-order valence-electron chi connectivity index (χ2n) is 6.83. The third-order valence-corrected chi connectivity index (χ3v) is 4.77. The van der Waals surface area contributed by atoms with Crippen LogP contribution in [0.25, 0.3) is 11.4 Å². The van der Waals surface area contributed by atoms with Gasteiger partial charge < -0.3 is 14.2 Å². The van der Waals surface area contributed by atoms with Gasteiger partial charge in [0.2, 0.25) is 11.7 Å². The first-order valence-electron chi connectivity index (χ1n) is 9.50. The van der Waals surface area contributed by atoms with E-state index in [4.69, 9.17) is 9.26 Å². The maximum Gasteiger partial charge on any atom is 0.253 e. The number of nitrogens with zero attached hydrogens (tertiary/aromatic N) is 4. The zero-order chi connectivity index (χ0) is 19.3. The quantitative estimate of drug-likeness (QED) is 0.585. The number of hydrogen-bond acceptors (Lipinski definition) is 6. The Morgan fingerprint density at radius 2 is 1.93 bits per heavy atom. The number of benzene rings is 1. The zero-order valence-corrected chi connectivity index (χ0v) is 15.7. The Hall–Kier alpha value is -3.22. The molecule has 1 aromatic carbocycles. The molecule has 144 valence electrons. The molecular weight excluding hydrogens is 356 g/mol. The molecule has 3 heterocycles. The van der Waals surface area contributed by atoms with Gasteiger partial charge in [0.15, 0.2) is 0 Å². The molecule has 7 nitrogen and oxygen atoms in total. The van der Waals surface area contributed by atoms with Gasteiger partial charge in [-0.15, -0.1) is 0 Å². The molecule has 0 unspecified atom stereocenters. The normalized spacial score (nSPS) is 14.0. The van der Waals surface area contributed by atoms with Crippen LogP contribution in [-0.2, 0) is 0 Å². The lowest BCUT2D eigenvalue weighted by Crippen LogP contribution is -2.48. The monoisotopic (exact) mass is 378 g/mol. The number of rotatable bonds is 7. The lowest BCUT2D eigenvalue weighted by Gasteiger charge is -2.37. The van der Waals surface area contributed by atoms with Crippen molar-refractivity contribution in [2.45, 2.75) is 25.7 Å². The van der Waals surface area contributed by atoms with Gasteiger partial charge in [0.25, 0.3) is 5.91 Å². The summed E-state index contributed by atoms with van der Waals surface area (Å²) < 4.78 is 11.0. The molecule has 0 saturated carbocycles. The Balaban J connectivity index is 1.32. The van der Waals surface area contributed by atoms with Crippen molar-refractivity contribution in [1.82, 2.24) is 20.0 Å². The molecular formula is C21H22N4O3. The van der Waals surface area contributed by atoms with Crippen LogP contribution >= 0.6 is 0 Å². The summed E-state index contributed by atoms with van der Waals surface area (Å²) in [6.45, 7) is 3.97. The molecule has 1 amide bonds. The smallest absolute Gasteiger partial charge is 0.253 e. The van der Waals surface area contributed by atoms with E-state index in [1.165, 1.54) is 0 Å². The number of carbonyl (C=O) groups is 1. The number of amides is 1. The van der Waals surface area contributed by atoms with Crippen molar-refractivity contribution < 1.29 is 14.1 Å². The first kappa shape index (κ1) is 18.2. The van der Waals surface area contributed by atoms with Gasteiger partial charge in [-0.25, -0.2) is 0 Å². The first-order chi connectivity index (χ1) is 13.7. The van der Waals surface area contributed by atoms with Gasteiger partial charge in [-0.2, -0.15) is 4.98 Å². The highest BCUT2D eigenvalue weighted by atomic mass is 16.5. The molecule has 0 atom stereocenters. The number of ether oxygens (including phenoxy) is 1. The molecule has 0 bridgehead atoms. The molecule has 1 saturated heterocycles. The highest BCUT2D eigenvalue weighted by molar-refractivity contribution is 5.95. The molecule has 4 rings (SSSR count). The Kier molecular flexibility index (Phi) is 5.32. The lowest BCUT2D eigenvalue weighted by atomic mass is 9.98. The zero-order valence-electron chi connectivity index (χ0n) is 15.7. The molecule has 3 aromatic rings. The SMILES string of the molecule is CCCCOc1ccc(C(=O)N2CC(c3nc(-c4ccncc4)no3)C2)cc1. The number of likely N-dealkylation sites (tertiary alicyclic amines) is 1. The van der Waals surface area contributed by atoms with Gasteiger partial charge in [0.1, 0.15) is 5.75 Å². The maximum absolute atomic E-state index is 12.6. The molecule has 2 aromatic heterocycles. The van der Waals surface area contributed by atoms with Crippen LogP contribution in [0.4, 0.5) is 0 Å². The second kappa shape index (κ2) is 8.21. The highest BCUT2D eigenvalue weighted by Gasteiger charge is 2.36. The molecule has 0 N–H and O–H groups in total. The number of unbranched alkanes of at least 4 members (excludes halogenated alkanes) is 1. The summed E-state index contributed by atoms with van der Waals surface area (Å²) in [5.74, 6) is 1.98. The average molecular weight is 378 g/mol. The van der Waals surface area contributed by atoms with Crippen molar-refractivity contribution in [1.29, 1.82) is 0 Å². The second-order valence-corrected chi connectivity index (χ2v) is 6.83. The van der Waals surface area contributed by atoms with Crippen molar-refractivity contribution in [2.24, 2.45) is 0 Å². The highest BCUT2D eigenvalue weighted by Crippen LogP contribution is 2.29. The van der Waals surface area contributed by atoms with Gasteiger partial charge in [-0.3, -0.25) is 9.78 Å². The Morgan fingerprint density at radius 3 is 2.64 bits per heavy atom. The number of carbonyl (C=O) groups excluding carboxylic acids is 1. The van der Waals surface area contributed by atoms with Crippen molar-refractivity contribution in [3.63, 3.8) is 0 Å². The van der Waals surface area contributed by atoms with Crippen LogP contribution in [0.5, 0.6) is 5.75 Å². The fourth-order valence-electron chi connectivity index (χ4n) is 3.03. The van der Waals surface area contributed by atoms with E-state index in [2.05, 4.69) is 22.0 Å². The molecule has 0 aliphatic carbocycles. The Bertz CT molecular complexity index is 918. The topological polar surface area (TPSA) is 81.4 Å². The van der Waals surface area contributed by atoms with Gasteiger partial charge in [0, 0.05) is 36.6 Å². The van der Waals surface area contributed by atoms with Crippen LogP contribution in [0.15, 0.2) is 53.3 Å². The van der Waals surface area contributed by atoms with Crippen molar-refractivity contribution in [3.05, 3.63) is 60.2 Å². The predicted octanol–water partition coefficient (Wildman–Crippen LogP) is 3.55. The Labute approximate surface area is 163 Å². The van der Waals surface area contributed by atoms with E-state index in [0.29, 0.717) is 37.0 Å². The van der Waals surface area contributed by atoms with Crippen LogP contribution in [-0.4, -0.2) is 45.6 Å². The van der Waals surface area contributed by atoms with Crippen LogP contribution in [0.3, 0.4) is 0 Å². The third-order valence-electron chi connectivity index (χ3n) is 4.77. The number of pyridine rings is 1. The van der Waals surface area contributed by atoms with E-state index in [-0.39, 0.29) is 11.8 Å². The molecule has 28 heavy (non-hydrogen) atoms. The molecule has 1 aliphatic heterocycles. The van der Waals surface area contributed by atoms with Gasteiger partial charge in [0.05, 0.1) is 12.5 Å². The number of aromatic nitrogens is 3. The summed E-state index contributed by atoms with van der Waals surface area (Å²) in [6.07, 6.45) is 5.50. The van der Waals surface area contributed by atoms with Gasteiger partial charge >= 0.3 is 0 Å². The number of hydrogen-bond donors (Lipinski definition) is 0. The summed E-state index contributed by atoms with van der Waals surface area (Å²) in [5.41, 5.74) is 1.52. The predicted molar refractivity (Wildman–Crippen MR) is 103 cm³/mol. The minimum Gasteiger partial charge on any atom is -0.494 e. The molecule has 7 heteroatoms. The van der Waals surface area contributed by atoms with Crippen LogP contribution in [0, 0.1) is 0 Å². The fourth-order valence-corrected chi connectivity index (χ4v) is 3.03. The fraction of sp³-hybridized carbons (Fsp3) is 0.333. The van der Waals surface area contributed by atoms with Crippen LogP contribution in [0.1, 0.15) is 41.9 Å². The van der Waals surface area contributed by atoms with E-state index in [9.17, 15) is 4.79 Å². The average Bonchev–Trinajstić information content (AvgIpc) is 3.18. The van der Waals surface area contributed by atoms with Crippen molar-refractivity contribution >= 4 is 5.91 Å². The van der Waals surface area contributed by atoms with E-state index >= 15 is 0 Å². The Morgan fingerprint density at radius 1 is 1.18 bits per heavy atom. The molecule has 1 aliphatic rings. The van der Waals surface area contributed by atoms with E-state index < -0.39 is 0 Å². The van der Waals surface area contributed by atoms with E-state index in [1.54, 1.807) is 17.3 Å². The molecule has 0 radical (unpaired) electrons. The van der Waals surface area contributed by atoms with E-state index in [0.717, 1.165) is 24.2 Å². The first-order valence-corrected chi connectivity index (χ1v) is 9.50. The largest absolute Gasteiger partial charge is 0.494 e. The standard InChI is InChI=1S/C21H22N4O3/c1-2-3-12-27-18-6-4-16(5-7-18)21(26)25-13-17(14-25)20-23-19(24-28-20)15-8-10-22-11-9-15/h4-11,17H,2-3,12-14H2,1H3. The molecule has 0 spiro atoms. The summed E-state index contributed by atoms with van der Waals surface area (Å²) in [5, 5.41) is 4.03. The van der Waals surface area contributed by atoms with Crippen molar-refractivity contribution in [2.75, 3.05) is 19.7 Å². The van der Waals surface area contributed by atoms with Gasteiger partial charge in [-0.05, 0) is 42.8 Å². The summed E-state index contributed by atoms with van der Waals surface area (Å²) >= 11 is 0. The minimum atomic E-state index is 0.00484. The van der Waals surface area contributed by atoms with Crippen molar-refractivity contribution in [3.8, 4) is 17.1 Å². The molecule has 1 fully saturated rings. The van der Waals surface area contributed by atoms with Crippen LogP contribution < -0.4 is 4.74 Å². The maximum atomic E-state index is 12.6. The summed E-state index contributed by atoms with van der Waals surface area (Å²) in [4.78, 5) is 22.8. The third kappa shape index (κ3) is 3.88. The van der Waals surface area contributed by atoms with E-state index in [1.807, 2.05) is 36.4 Å². The summed E-state index contributed by atoms with van der Waals surface area (Å²) in [6, 6.07) is 11.0.